The van der Waals surface area contributed by atoms with Gasteiger partial charge in [-0.2, -0.15) is 4.31 Å². The second-order valence-corrected chi connectivity index (χ2v) is 11.3. The van der Waals surface area contributed by atoms with Crippen molar-refractivity contribution in [2.45, 2.75) is 49.4 Å². The average molecular weight is 560 g/mol. The molecule has 0 radical (unpaired) electrons. The summed E-state index contributed by atoms with van der Waals surface area (Å²) < 4.78 is 61.9. The maximum Gasteiger partial charge on any atom is 0.299 e. The minimum absolute atomic E-state index is 0.00182. The fourth-order valence-electron chi connectivity index (χ4n) is 5.12. The number of ketones is 1. The lowest BCUT2D eigenvalue weighted by molar-refractivity contribution is -0.114. The molecule has 0 saturated carbocycles. The number of hydrogen-bond donors (Lipinski definition) is 0. The van der Waals surface area contributed by atoms with Crippen molar-refractivity contribution in [1.82, 2.24) is 19.3 Å². The van der Waals surface area contributed by atoms with E-state index in [2.05, 4.69) is 10.3 Å². The van der Waals surface area contributed by atoms with Crippen molar-refractivity contribution in [2.24, 2.45) is 0 Å². The Labute approximate surface area is 224 Å². The van der Waals surface area contributed by atoms with Crippen LogP contribution in [-0.2, 0) is 32.6 Å². The van der Waals surface area contributed by atoms with Gasteiger partial charge in [-0.05, 0) is 55.2 Å². The standard InChI is InChI=1S/C26H27F2N5O5S/c1-38-25(21-16-31(30-29-21)12-3-11-27)23-4-2-13-33(23)39(36,37)19-9-10-22-20(14-19)24(34)26(35)32(22)15-17-5-7-18(28)8-6-17/h5-10,14,16,23,25H,2-4,11-13,15H2,1H3/t23?,25-/m1/s1. The Kier molecular flexibility index (Phi) is 7.56. The van der Waals surface area contributed by atoms with Crippen LogP contribution >= 0.6 is 0 Å². The molecule has 2 aliphatic heterocycles. The number of fused-ring (bicyclic) bond motifs is 1. The molecule has 3 heterocycles. The van der Waals surface area contributed by atoms with Crippen LogP contribution in [-0.4, -0.2) is 65.8 Å². The number of sulfonamides is 1. The Morgan fingerprint density at radius 1 is 1.15 bits per heavy atom. The number of nitrogens with zero attached hydrogens (tertiary/aromatic N) is 5. The lowest BCUT2D eigenvalue weighted by Gasteiger charge is -2.29. The predicted octanol–water partition coefficient (Wildman–Crippen LogP) is 3.05. The Morgan fingerprint density at radius 2 is 1.92 bits per heavy atom. The highest BCUT2D eigenvalue weighted by Gasteiger charge is 2.43. The summed E-state index contributed by atoms with van der Waals surface area (Å²) in [5.41, 5.74) is 1.35. The van der Waals surface area contributed by atoms with Gasteiger partial charge in [0.05, 0.1) is 41.6 Å². The monoisotopic (exact) mass is 559 g/mol. The lowest BCUT2D eigenvalue weighted by Crippen LogP contribution is -2.40. The summed E-state index contributed by atoms with van der Waals surface area (Å²) in [7, 11) is -2.61. The highest BCUT2D eigenvalue weighted by Crippen LogP contribution is 2.37. The van der Waals surface area contributed by atoms with E-state index >= 15 is 0 Å². The Bertz CT molecular complexity index is 1490. The van der Waals surface area contributed by atoms with Crippen LogP contribution < -0.4 is 4.90 Å². The van der Waals surface area contributed by atoms with Crippen LogP contribution in [0.3, 0.4) is 0 Å². The van der Waals surface area contributed by atoms with Crippen molar-refractivity contribution >= 4 is 27.4 Å². The number of alkyl halides is 1. The van der Waals surface area contributed by atoms with Crippen LogP contribution in [0, 0.1) is 5.82 Å². The third-order valence-electron chi connectivity index (χ3n) is 7.02. The fourth-order valence-corrected chi connectivity index (χ4v) is 6.84. The molecule has 206 valence electrons. The van der Waals surface area contributed by atoms with Gasteiger partial charge in [-0.1, -0.05) is 17.3 Å². The molecule has 3 aromatic rings. The summed E-state index contributed by atoms with van der Waals surface area (Å²) in [6.45, 7) is 0.131. The maximum atomic E-state index is 13.8. The van der Waals surface area contributed by atoms with Gasteiger partial charge >= 0.3 is 0 Å². The summed E-state index contributed by atoms with van der Waals surface area (Å²) in [5.74, 6) is -2.00. The molecular weight excluding hydrogens is 532 g/mol. The van der Waals surface area contributed by atoms with E-state index in [9.17, 15) is 26.8 Å². The molecule has 2 atom stereocenters. The second kappa shape index (κ2) is 10.9. The summed E-state index contributed by atoms with van der Waals surface area (Å²) in [6, 6.07) is 9.04. The summed E-state index contributed by atoms with van der Waals surface area (Å²) in [6.07, 6.45) is 2.31. The van der Waals surface area contributed by atoms with Crippen molar-refractivity contribution in [3.05, 3.63) is 71.3 Å². The van der Waals surface area contributed by atoms with Crippen LogP contribution in [0.4, 0.5) is 14.5 Å². The smallest absolute Gasteiger partial charge is 0.299 e. The Morgan fingerprint density at radius 3 is 2.64 bits per heavy atom. The highest BCUT2D eigenvalue weighted by atomic mass is 32.2. The summed E-state index contributed by atoms with van der Waals surface area (Å²) in [5, 5.41) is 8.12. The number of hydrogen-bond acceptors (Lipinski definition) is 7. The van der Waals surface area contributed by atoms with Crippen molar-refractivity contribution < 1.29 is 31.5 Å². The van der Waals surface area contributed by atoms with Gasteiger partial charge in [0.15, 0.2) is 0 Å². The Hall–Kier alpha value is -3.55. The molecule has 0 bridgehead atoms. The first kappa shape index (κ1) is 27.0. The molecule has 0 aliphatic carbocycles. The van der Waals surface area contributed by atoms with Crippen molar-refractivity contribution in [3.8, 4) is 0 Å². The predicted molar refractivity (Wildman–Crippen MR) is 136 cm³/mol. The number of Topliss-reactive ketones (excluding diaryl/α,β-unsaturated/α-hetero) is 1. The van der Waals surface area contributed by atoms with Gasteiger partial charge < -0.3 is 9.64 Å². The van der Waals surface area contributed by atoms with E-state index < -0.39 is 46.4 Å². The first-order valence-electron chi connectivity index (χ1n) is 12.5. The van der Waals surface area contributed by atoms with Gasteiger partial charge in [0.1, 0.15) is 17.6 Å². The molecule has 5 rings (SSSR count). The van der Waals surface area contributed by atoms with Crippen LogP contribution in [0.2, 0.25) is 0 Å². The second-order valence-electron chi connectivity index (χ2n) is 9.46. The average Bonchev–Trinajstić information content (AvgIpc) is 3.66. The third kappa shape index (κ3) is 5.09. The first-order chi connectivity index (χ1) is 18.7. The lowest BCUT2D eigenvalue weighted by atomic mass is 10.1. The quantitative estimate of drug-likeness (QED) is 0.351. The molecule has 1 unspecified atom stereocenters. The molecule has 1 aromatic heterocycles. The number of amides is 1. The molecule has 2 aromatic carbocycles. The molecule has 1 amide bonds. The van der Waals surface area contributed by atoms with Gasteiger partial charge in [0.25, 0.3) is 11.7 Å². The zero-order valence-corrected chi connectivity index (χ0v) is 22.0. The molecule has 2 aliphatic rings. The molecule has 1 fully saturated rings. The number of methoxy groups -OCH3 is 1. The van der Waals surface area contributed by atoms with Gasteiger partial charge in [-0.3, -0.25) is 18.7 Å². The molecule has 0 N–H and O–H groups in total. The van der Waals surface area contributed by atoms with Crippen molar-refractivity contribution in [2.75, 3.05) is 25.2 Å². The van der Waals surface area contributed by atoms with Gasteiger partial charge in [0, 0.05) is 20.2 Å². The summed E-state index contributed by atoms with van der Waals surface area (Å²) in [4.78, 5) is 26.7. The van der Waals surface area contributed by atoms with Gasteiger partial charge in [-0.25, -0.2) is 12.8 Å². The molecule has 0 spiro atoms. The Balaban J connectivity index is 1.41. The largest absolute Gasteiger partial charge is 0.373 e. The topological polar surface area (TPSA) is 115 Å². The van der Waals surface area contributed by atoms with Crippen LogP contribution in [0.15, 0.2) is 53.6 Å². The number of halogens is 2. The third-order valence-corrected chi connectivity index (χ3v) is 8.94. The molecule has 1 saturated heterocycles. The number of benzene rings is 2. The minimum Gasteiger partial charge on any atom is -0.373 e. The fraction of sp³-hybridized carbons (Fsp3) is 0.385. The number of rotatable bonds is 10. The van der Waals surface area contributed by atoms with E-state index in [-0.39, 0.29) is 30.0 Å². The molecule has 39 heavy (non-hydrogen) atoms. The van der Waals surface area contributed by atoms with Gasteiger partial charge in [-0.15, -0.1) is 5.10 Å². The van der Waals surface area contributed by atoms with E-state index in [4.69, 9.17) is 4.74 Å². The number of ether oxygens (including phenoxy) is 1. The zero-order chi connectivity index (χ0) is 27.7. The van der Waals surface area contributed by atoms with Crippen molar-refractivity contribution in [1.29, 1.82) is 0 Å². The first-order valence-corrected chi connectivity index (χ1v) is 13.9. The number of carbonyl (C=O) groups is 2. The minimum atomic E-state index is -4.08. The van der Waals surface area contributed by atoms with Crippen LogP contribution in [0.25, 0.3) is 0 Å². The SMILES string of the molecule is CO[C@H](c1cn(CCCF)nn1)C1CCCN1S(=O)(=O)c1ccc2c(c1)C(=O)C(=O)N2Cc1ccc(F)cc1. The number of anilines is 1. The van der Waals surface area contributed by atoms with Gasteiger partial charge in [0.2, 0.25) is 10.0 Å². The van der Waals surface area contributed by atoms with E-state index in [0.717, 1.165) is 0 Å². The van der Waals surface area contributed by atoms with E-state index in [1.807, 2.05) is 0 Å². The van der Waals surface area contributed by atoms with Crippen LogP contribution in [0.5, 0.6) is 0 Å². The van der Waals surface area contributed by atoms with Crippen LogP contribution in [0.1, 0.15) is 47.0 Å². The number of carbonyl (C=O) groups excluding carboxylic acids is 2. The maximum absolute atomic E-state index is 13.8. The van der Waals surface area contributed by atoms with E-state index in [0.29, 0.717) is 36.3 Å². The number of aromatic nitrogens is 3. The van der Waals surface area contributed by atoms with E-state index in [1.165, 1.54) is 63.5 Å². The molecule has 10 nitrogen and oxygen atoms in total. The van der Waals surface area contributed by atoms with Crippen molar-refractivity contribution in [3.63, 3.8) is 0 Å². The normalized spacial score (nSPS) is 18.6. The van der Waals surface area contributed by atoms with E-state index in [1.54, 1.807) is 6.20 Å². The molecule has 13 heteroatoms. The number of aryl methyl sites for hydroxylation is 1. The highest BCUT2D eigenvalue weighted by molar-refractivity contribution is 7.89. The molecular formula is C26H27F2N5O5S. The summed E-state index contributed by atoms with van der Waals surface area (Å²) >= 11 is 0. The zero-order valence-electron chi connectivity index (χ0n) is 21.2.